The number of aromatic nitrogens is 1. The Kier molecular flexibility index (Phi) is 5.50. The molecule has 1 aromatic carbocycles. The first-order valence-electron chi connectivity index (χ1n) is 8.59. The van der Waals surface area contributed by atoms with Crippen molar-refractivity contribution in [3.63, 3.8) is 0 Å². The molecule has 1 aliphatic rings. The number of benzene rings is 1. The lowest BCUT2D eigenvalue weighted by Crippen LogP contribution is -2.47. The van der Waals surface area contributed by atoms with Crippen LogP contribution < -0.4 is 10.1 Å². The molecule has 3 rings (SSSR count). The predicted molar refractivity (Wildman–Crippen MR) is 98.5 cm³/mol. The maximum absolute atomic E-state index is 12.5. The highest BCUT2D eigenvalue weighted by Gasteiger charge is 2.21. The summed E-state index contributed by atoms with van der Waals surface area (Å²) in [4.78, 5) is 20.9. The number of rotatable bonds is 5. The van der Waals surface area contributed by atoms with E-state index in [-0.39, 0.29) is 5.91 Å². The zero-order valence-electron chi connectivity index (χ0n) is 14.7. The fourth-order valence-electron chi connectivity index (χ4n) is 2.73. The number of piperazine rings is 1. The lowest BCUT2D eigenvalue weighted by molar-refractivity contribution is 0.0658. The molecule has 1 amide bonds. The number of hydrogen-bond acceptors (Lipinski definition) is 5. The fraction of sp³-hybridized carbons (Fsp3) is 0.368. The van der Waals surface area contributed by atoms with Crippen molar-refractivity contribution in [3.8, 4) is 5.75 Å². The van der Waals surface area contributed by atoms with Crippen molar-refractivity contribution in [2.24, 2.45) is 0 Å². The second-order valence-corrected chi connectivity index (χ2v) is 6.11. The molecule has 6 heteroatoms. The van der Waals surface area contributed by atoms with Gasteiger partial charge in [0.2, 0.25) is 0 Å². The SMILES string of the molecule is CCOc1ccc(Nc2ccc(C(=O)N3CCN(C)CC3)nc2)cc1. The molecular weight excluding hydrogens is 316 g/mol. The highest BCUT2D eigenvalue weighted by Crippen LogP contribution is 2.20. The molecule has 25 heavy (non-hydrogen) atoms. The van der Waals surface area contributed by atoms with Crippen LogP contribution in [0, 0.1) is 0 Å². The van der Waals surface area contributed by atoms with Gasteiger partial charge in [-0.1, -0.05) is 0 Å². The summed E-state index contributed by atoms with van der Waals surface area (Å²) < 4.78 is 5.43. The third-order valence-corrected chi connectivity index (χ3v) is 4.23. The number of likely N-dealkylation sites (N-methyl/N-ethyl adjacent to an activating group) is 1. The highest BCUT2D eigenvalue weighted by molar-refractivity contribution is 5.92. The van der Waals surface area contributed by atoms with E-state index in [0.717, 1.165) is 43.3 Å². The fourth-order valence-corrected chi connectivity index (χ4v) is 2.73. The van der Waals surface area contributed by atoms with Gasteiger partial charge in [0.1, 0.15) is 11.4 Å². The minimum atomic E-state index is 0.000664. The summed E-state index contributed by atoms with van der Waals surface area (Å²) in [6.45, 7) is 5.93. The molecule has 0 radical (unpaired) electrons. The van der Waals surface area contributed by atoms with Crippen LogP contribution in [0.25, 0.3) is 0 Å². The van der Waals surface area contributed by atoms with Gasteiger partial charge in [-0.25, -0.2) is 4.98 Å². The molecule has 0 spiro atoms. The molecule has 1 N–H and O–H groups in total. The Labute approximate surface area is 148 Å². The zero-order valence-corrected chi connectivity index (χ0v) is 14.7. The summed E-state index contributed by atoms with van der Waals surface area (Å²) >= 11 is 0. The van der Waals surface area contributed by atoms with E-state index in [1.807, 2.05) is 42.2 Å². The van der Waals surface area contributed by atoms with Gasteiger partial charge in [0.15, 0.2) is 0 Å². The van der Waals surface area contributed by atoms with Crippen LogP contribution in [0.5, 0.6) is 5.75 Å². The van der Waals surface area contributed by atoms with Crippen LogP contribution in [0.4, 0.5) is 11.4 Å². The van der Waals surface area contributed by atoms with Gasteiger partial charge in [0.05, 0.1) is 18.5 Å². The van der Waals surface area contributed by atoms with Gasteiger partial charge < -0.3 is 19.9 Å². The van der Waals surface area contributed by atoms with Crippen molar-refractivity contribution >= 4 is 17.3 Å². The van der Waals surface area contributed by atoms with Gasteiger partial charge >= 0.3 is 0 Å². The van der Waals surface area contributed by atoms with E-state index in [9.17, 15) is 4.79 Å². The molecule has 1 aliphatic heterocycles. The van der Waals surface area contributed by atoms with E-state index in [1.54, 1.807) is 12.3 Å². The van der Waals surface area contributed by atoms with Gasteiger partial charge in [-0.05, 0) is 50.4 Å². The number of nitrogens with zero attached hydrogens (tertiary/aromatic N) is 3. The Bertz CT molecular complexity index is 692. The van der Waals surface area contributed by atoms with Crippen molar-refractivity contribution in [2.45, 2.75) is 6.92 Å². The maximum Gasteiger partial charge on any atom is 0.272 e. The van der Waals surface area contributed by atoms with E-state index in [4.69, 9.17) is 4.74 Å². The Morgan fingerprint density at radius 1 is 1.08 bits per heavy atom. The monoisotopic (exact) mass is 340 g/mol. The Morgan fingerprint density at radius 2 is 1.76 bits per heavy atom. The lowest BCUT2D eigenvalue weighted by Gasteiger charge is -2.32. The number of nitrogens with one attached hydrogen (secondary N) is 1. The first kappa shape index (κ1) is 17.2. The predicted octanol–water partition coefficient (Wildman–Crippen LogP) is 2.61. The summed E-state index contributed by atoms with van der Waals surface area (Å²) in [5.74, 6) is 0.847. The molecule has 132 valence electrons. The third-order valence-electron chi connectivity index (χ3n) is 4.23. The second kappa shape index (κ2) is 7.98. The van der Waals surface area contributed by atoms with Crippen molar-refractivity contribution in [1.82, 2.24) is 14.8 Å². The van der Waals surface area contributed by atoms with Crippen LogP contribution in [0.1, 0.15) is 17.4 Å². The normalized spacial score (nSPS) is 15.0. The van der Waals surface area contributed by atoms with Crippen molar-refractivity contribution in [2.75, 3.05) is 45.2 Å². The van der Waals surface area contributed by atoms with Crippen LogP contribution in [0.2, 0.25) is 0 Å². The molecule has 0 unspecified atom stereocenters. The molecule has 0 saturated carbocycles. The Hall–Kier alpha value is -2.60. The molecule has 0 bridgehead atoms. The van der Waals surface area contributed by atoms with Gasteiger partial charge in [0, 0.05) is 31.9 Å². The van der Waals surface area contributed by atoms with Crippen LogP contribution in [0.3, 0.4) is 0 Å². The van der Waals surface area contributed by atoms with E-state index in [2.05, 4.69) is 22.2 Å². The molecular formula is C19H24N4O2. The second-order valence-electron chi connectivity index (χ2n) is 6.11. The minimum Gasteiger partial charge on any atom is -0.494 e. The van der Waals surface area contributed by atoms with Crippen molar-refractivity contribution < 1.29 is 9.53 Å². The first-order chi connectivity index (χ1) is 12.2. The first-order valence-corrected chi connectivity index (χ1v) is 8.59. The molecule has 2 heterocycles. The quantitative estimate of drug-likeness (QED) is 0.907. The topological polar surface area (TPSA) is 57.7 Å². The molecule has 1 saturated heterocycles. The zero-order chi connectivity index (χ0) is 17.6. The molecule has 0 aliphatic carbocycles. The number of carbonyl (C=O) groups excluding carboxylic acids is 1. The van der Waals surface area contributed by atoms with E-state index in [1.165, 1.54) is 0 Å². The Balaban J connectivity index is 1.60. The summed E-state index contributed by atoms with van der Waals surface area (Å²) in [6, 6.07) is 11.4. The number of carbonyl (C=O) groups is 1. The molecule has 2 aromatic rings. The summed E-state index contributed by atoms with van der Waals surface area (Å²) in [5.41, 5.74) is 2.28. The number of anilines is 2. The van der Waals surface area contributed by atoms with Crippen LogP contribution in [-0.2, 0) is 0 Å². The summed E-state index contributed by atoms with van der Waals surface area (Å²) in [6.07, 6.45) is 1.69. The summed E-state index contributed by atoms with van der Waals surface area (Å²) in [5, 5.41) is 3.28. The van der Waals surface area contributed by atoms with Gasteiger partial charge in [0.25, 0.3) is 5.91 Å². The van der Waals surface area contributed by atoms with Crippen LogP contribution in [0.15, 0.2) is 42.6 Å². The van der Waals surface area contributed by atoms with Crippen LogP contribution >= 0.6 is 0 Å². The van der Waals surface area contributed by atoms with E-state index < -0.39 is 0 Å². The van der Waals surface area contributed by atoms with E-state index >= 15 is 0 Å². The molecule has 1 fully saturated rings. The van der Waals surface area contributed by atoms with Crippen molar-refractivity contribution in [1.29, 1.82) is 0 Å². The minimum absolute atomic E-state index is 0.000664. The van der Waals surface area contributed by atoms with Gasteiger partial charge in [-0.15, -0.1) is 0 Å². The maximum atomic E-state index is 12.5. The number of ether oxygens (including phenoxy) is 1. The highest BCUT2D eigenvalue weighted by atomic mass is 16.5. The van der Waals surface area contributed by atoms with Gasteiger partial charge in [-0.2, -0.15) is 0 Å². The van der Waals surface area contributed by atoms with Crippen LogP contribution in [-0.4, -0.2) is 60.5 Å². The average Bonchev–Trinajstić information content (AvgIpc) is 2.64. The standard InChI is InChI=1S/C19H24N4O2/c1-3-25-17-7-4-15(5-8-17)21-16-6-9-18(20-14-16)19(24)23-12-10-22(2)11-13-23/h4-9,14,21H,3,10-13H2,1-2H3. The largest absolute Gasteiger partial charge is 0.494 e. The third kappa shape index (κ3) is 4.48. The smallest absolute Gasteiger partial charge is 0.272 e. The average molecular weight is 340 g/mol. The summed E-state index contributed by atoms with van der Waals surface area (Å²) in [7, 11) is 2.07. The molecule has 1 aromatic heterocycles. The number of pyridine rings is 1. The number of amides is 1. The lowest BCUT2D eigenvalue weighted by atomic mass is 10.2. The molecule has 6 nitrogen and oxygen atoms in total. The number of hydrogen-bond donors (Lipinski definition) is 1. The van der Waals surface area contributed by atoms with Gasteiger partial charge in [-0.3, -0.25) is 4.79 Å². The van der Waals surface area contributed by atoms with Crippen molar-refractivity contribution in [3.05, 3.63) is 48.3 Å². The Morgan fingerprint density at radius 3 is 2.36 bits per heavy atom. The molecule has 0 atom stereocenters. The van der Waals surface area contributed by atoms with E-state index in [0.29, 0.717) is 12.3 Å².